The third-order valence-corrected chi connectivity index (χ3v) is 4.04. The molecule has 2 aromatic rings. The third-order valence-electron chi connectivity index (χ3n) is 3.77. The number of amides is 1. The van der Waals surface area contributed by atoms with Gasteiger partial charge in [-0.2, -0.15) is 5.10 Å². The average molecular weight is 322 g/mol. The Labute approximate surface area is 132 Å². The molecule has 1 saturated heterocycles. The summed E-state index contributed by atoms with van der Waals surface area (Å²) in [4.78, 5) is 22.3. The van der Waals surface area contributed by atoms with Gasteiger partial charge >= 0.3 is 0 Å². The van der Waals surface area contributed by atoms with E-state index in [-0.39, 0.29) is 24.1 Å². The molecule has 3 heterocycles. The second-order valence-electron chi connectivity index (χ2n) is 5.44. The Bertz CT molecular complexity index is 675. The molecule has 8 heteroatoms. The van der Waals surface area contributed by atoms with E-state index in [1.165, 1.54) is 4.68 Å². The summed E-state index contributed by atoms with van der Waals surface area (Å²) in [6.45, 7) is 0.722. The molecule has 1 N–H and O–H groups in total. The second-order valence-corrected chi connectivity index (χ2v) is 5.84. The van der Waals surface area contributed by atoms with Crippen LogP contribution in [-0.2, 0) is 13.5 Å². The summed E-state index contributed by atoms with van der Waals surface area (Å²) >= 11 is 6.01. The summed E-state index contributed by atoms with van der Waals surface area (Å²) in [6, 6.07) is 0. The van der Waals surface area contributed by atoms with Crippen molar-refractivity contribution in [2.24, 2.45) is 13.0 Å². The van der Waals surface area contributed by atoms with E-state index in [0.717, 1.165) is 5.69 Å². The normalized spacial score (nSPS) is 21.3. The molecule has 1 aliphatic rings. The van der Waals surface area contributed by atoms with Crippen molar-refractivity contribution in [2.45, 2.75) is 12.5 Å². The first-order valence-corrected chi connectivity index (χ1v) is 7.33. The molecule has 0 aromatic carbocycles. The number of halogens is 1. The van der Waals surface area contributed by atoms with Gasteiger partial charge in [-0.1, -0.05) is 11.6 Å². The average Bonchev–Trinajstić information content (AvgIpc) is 3.02. The number of carbonyl (C=O) groups excluding carboxylic acids is 1. The summed E-state index contributed by atoms with van der Waals surface area (Å²) in [5, 5.41) is 14.6. The molecule has 0 unspecified atom stereocenters. The van der Waals surface area contributed by atoms with Crippen LogP contribution in [0.1, 0.15) is 16.2 Å². The van der Waals surface area contributed by atoms with Gasteiger partial charge in [0.05, 0.1) is 16.8 Å². The van der Waals surface area contributed by atoms with E-state index in [4.69, 9.17) is 11.6 Å². The molecule has 0 bridgehead atoms. The largest absolute Gasteiger partial charge is 0.391 e. The van der Waals surface area contributed by atoms with Crippen LogP contribution in [0.25, 0.3) is 0 Å². The summed E-state index contributed by atoms with van der Waals surface area (Å²) in [6.07, 6.45) is 6.47. The molecule has 1 amide bonds. The fourth-order valence-corrected chi connectivity index (χ4v) is 2.94. The summed E-state index contributed by atoms with van der Waals surface area (Å²) in [5.41, 5.74) is 1.02. The highest BCUT2D eigenvalue weighted by molar-refractivity contribution is 6.33. The Balaban J connectivity index is 1.70. The molecule has 22 heavy (non-hydrogen) atoms. The van der Waals surface area contributed by atoms with Gasteiger partial charge in [0.25, 0.3) is 5.91 Å². The quantitative estimate of drug-likeness (QED) is 0.892. The fourth-order valence-electron chi connectivity index (χ4n) is 2.68. The van der Waals surface area contributed by atoms with Gasteiger partial charge in [-0.3, -0.25) is 19.4 Å². The van der Waals surface area contributed by atoms with Crippen LogP contribution >= 0.6 is 11.6 Å². The number of hydrogen-bond donors (Lipinski definition) is 1. The van der Waals surface area contributed by atoms with Gasteiger partial charge < -0.3 is 10.0 Å². The molecule has 1 aliphatic heterocycles. The molecule has 0 radical (unpaired) electrons. The van der Waals surface area contributed by atoms with E-state index in [0.29, 0.717) is 18.0 Å². The third kappa shape index (κ3) is 2.95. The van der Waals surface area contributed by atoms with Crippen LogP contribution in [0.5, 0.6) is 0 Å². The predicted molar refractivity (Wildman–Crippen MR) is 79.4 cm³/mol. The van der Waals surface area contributed by atoms with Gasteiger partial charge in [0.15, 0.2) is 5.69 Å². The Kier molecular flexibility index (Phi) is 4.08. The lowest BCUT2D eigenvalue weighted by Gasteiger charge is -2.14. The predicted octanol–water partition coefficient (Wildman–Crippen LogP) is 0.539. The SMILES string of the molecule is Cn1cc(Cl)c(C(=O)N2C[C@@H](Cc3cnccn3)[C@H](O)C2)n1. The zero-order valence-electron chi connectivity index (χ0n) is 12.1. The van der Waals surface area contributed by atoms with Crippen molar-refractivity contribution in [1.82, 2.24) is 24.6 Å². The molecule has 116 valence electrons. The lowest BCUT2D eigenvalue weighted by Crippen LogP contribution is -2.30. The Morgan fingerprint density at radius 3 is 2.91 bits per heavy atom. The van der Waals surface area contributed by atoms with Crippen molar-refractivity contribution in [3.8, 4) is 0 Å². The van der Waals surface area contributed by atoms with Gasteiger partial charge in [0.1, 0.15) is 0 Å². The van der Waals surface area contributed by atoms with E-state index in [1.54, 1.807) is 36.7 Å². The van der Waals surface area contributed by atoms with E-state index >= 15 is 0 Å². The van der Waals surface area contributed by atoms with Crippen LogP contribution in [0.15, 0.2) is 24.8 Å². The number of rotatable bonds is 3. The van der Waals surface area contributed by atoms with Crippen molar-refractivity contribution in [2.75, 3.05) is 13.1 Å². The maximum Gasteiger partial charge on any atom is 0.276 e. The molecule has 7 nitrogen and oxygen atoms in total. The highest BCUT2D eigenvalue weighted by Gasteiger charge is 2.36. The second kappa shape index (κ2) is 6.02. The Hall–Kier alpha value is -1.99. The number of carbonyl (C=O) groups is 1. The first-order chi connectivity index (χ1) is 10.5. The van der Waals surface area contributed by atoms with Crippen molar-refractivity contribution in [1.29, 1.82) is 0 Å². The van der Waals surface area contributed by atoms with E-state index in [9.17, 15) is 9.90 Å². The summed E-state index contributed by atoms with van der Waals surface area (Å²) in [7, 11) is 1.71. The number of likely N-dealkylation sites (tertiary alicyclic amines) is 1. The molecule has 3 rings (SSSR count). The van der Waals surface area contributed by atoms with Gasteiger partial charge in [-0.25, -0.2) is 0 Å². The van der Waals surface area contributed by atoms with Crippen LogP contribution in [0.3, 0.4) is 0 Å². The van der Waals surface area contributed by atoms with Crippen LogP contribution < -0.4 is 0 Å². The number of β-amino-alcohol motifs (C(OH)–C–C–N with tert-alkyl or cyclic N) is 1. The van der Waals surface area contributed by atoms with E-state index in [1.807, 2.05) is 0 Å². The Morgan fingerprint density at radius 1 is 1.45 bits per heavy atom. The molecular weight excluding hydrogens is 306 g/mol. The molecule has 2 aromatic heterocycles. The van der Waals surface area contributed by atoms with Crippen molar-refractivity contribution in [3.05, 3.63) is 41.2 Å². The monoisotopic (exact) mass is 321 g/mol. The number of aliphatic hydroxyl groups excluding tert-OH is 1. The number of aliphatic hydroxyl groups is 1. The Morgan fingerprint density at radius 2 is 2.27 bits per heavy atom. The molecule has 1 fully saturated rings. The van der Waals surface area contributed by atoms with Crippen molar-refractivity contribution in [3.63, 3.8) is 0 Å². The first kappa shape index (κ1) is 14.9. The highest BCUT2D eigenvalue weighted by Crippen LogP contribution is 2.24. The van der Waals surface area contributed by atoms with E-state index < -0.39 is 6.10 Å². The smallest absolute Gasteiger partial charge is 0.276 e. The summed E-state index contributed by atoms with van der Waals surface area (Å²) < 4.78 is 1.50. The van der Waals surface area contributed by atoms with E-state index in [2.05, 4.69) is 15.1 Å². The van der Waals surface area contributed by atoms with Crippen LogP contribution in [0.2, 0.25) is 5.02 Å². The number of aromatic nitrogens is 4. The number of aryl methyl sites for hydroxylation is 1. The zero-order valence-corrected chi connectivity index (χ0v) is 12.8. The van der Waals surface area contributed by atoms with Crippen molar-refractivity contribution >= 4 is 17.5 Å². The molecule has 0 saturated carbocycles. The maximum absolute atomic E-state index is 12.5. The molecule has 2 atom stereocenters. The maximum atomic E-state index is 12.5. The van der Waals surface area contributed by atoms with Crippen molar-refractivity contribution < 1.29 is 9.90 Å². The minimum absolute atomic E-state index is 0.0665. The minimum Gasteiger partial charge on any atom is -0.391 e. The molecule has 0 aliphatic carbocycles. The summed E-state index contributed by atoms with van der Waals surface area (Å²) in [5.74, 6) is -0.325. The van der Waals surface area contributed by atoms with Gasteiger partial charge in [0.2, 0.25) is 0 Å². The lowest BCUT2D eigenvalue weighted by molar-refractivity contribution is 0.0758. The lowest BCUT2D eigenvalue weighted by atomic mass is 10.0. The van der Waals surface area contributed by atoms with Crippen LogP contribution in [0, 0.1) is 5.92 Å². The standard InChI is InChI=1S/C14H16ClN5O2/c1-19-7-11(15)13(18-19)14(22)20-6-9(12(21)8-20)4-10-5-16-2-3-17-10/h2-3,5,7,9,12,21H,4,6,8H2,1H3/t9-,12-/m1/s1. The zero-order chi connectivity index (χ0) is 15.7. The topological polar surface area (TPSA) is 84.1 Å². The molecule has 0 spiro atoms. The number of hydrogen-bond acceptors (Lipinski definition) is 5. The van der Waals surface area contributed by atoms with Gasteiger partial charge in [-0.15, -0.1) is 0 Å². The first-order valence-electron chi connectivity index (χ1n) is 6.96. The van der Waals surface area contributed by atoms with Crippen LogP contribution in [-0.4, -0.2) is 54.9 Å². The van der Waals surface area contributed by atoms with Crippen LogP contribution in [0.4, 0.5) is 0 Å². The highest BCUT2D eigenvalue weighted by atomic mass is 35.5. The van der Waals surface area contributed by atoms with Gasteiger partial charge in [0, 0.05) is 50.8 Å². The minimum atomic E-state index is -0.589. The fraction of sp³-hybridized carbons (Fsp3) is 0.429. The molecular formula is C14H16ClN5O2. The number of nitrogens with zero attached hydrogens (tertiary/aromatic N) is 5. The van der Waals surface area contributed by atoms with Gasteiger partial charge in [-0.05, 0) is 6.42 Å².